The number of Topliss-reactive ketones (excluding diaryl/α,β-unsaturated/α-hetero) is 1. The molecule has 8 nitrogen and oxygen atoms in total. The van der Waals surface area contributed by atoms with Crippen molar-refractivity contribution in [3.8, 4) is 5.75 Å². The second-order valence-electron chi connectivity index (χ2n) is 11.3. The Bertz CT molecular complexity index is 1180. The molecule has 1 aromatic rings. The molecule has 0 aromatic heterocycles. The van der Waals surface area contributed by atoms with Crippen LogP contribution in [-0.4, -0.2) is 68.1 Å². The summed E-state index contributed by atoms with van der Waals surface area (Å²) in [5, 5.41) is 6.51. The van der Waals surface area contributed by atoms with E-state index >= 15 is 0 Å². The summed E-state index contributed by atoms with van der Waals surface area (Å²) >= 11 is 0. The maximum Gasteiger partial charge on any atom is 0.235 e. The first-order valence-corrected chi connectivity index (χ1v) is 14.2. The number of carbonyl (C=O) groups is 1. The number of fused-ring (bicyclic) bond motifs is 1. The molecule has 0 N–H and O–H groups in total. The number of amidine groups is 1. The van der Waals surface area contributed by atoms with Crippen LogP contribution in [-0.2, 0) is 14.9 Å². The summed E-state index contributed by atoms with van der Waals surface area (Å²) < 4.78 is 17.7. The van der Waals surface area contributed by atoms with Gasteiger partial charge in [0, 0.05) is 36.2 Å². The van der Waals surface area contributed by atoms with Crippen LogP contribution in [0.3, 0.4) is 0 Å². The van der Waals surface area contributed by atoms with E-state index in [4.69, 9.17) is 24.3 Å². The fourth-order valence-corrected chi connectivity index (χ4v) is 5.17. The van der Waals surface area contributed by atoms with E-state index in [1.807, 2.05) is 18.2 Å². The summed E-state index contributed by atoms with van der Waals surface area (Å²) in [5.74, 6) is 2.18. The van der Waals surface area contributed by atoms with Crippen molar-refractivity contribution in [1.82, 2.24) is 5.01 Å². The lowest BCUT2D eigenvalue weighted by Crippen LogP contribution is -2.37. The maximum atomic E-state index is 13.8. The second kappa shape index (κ2) is 11.9. The zero-order valence-corrected chi connectivity index (χ0v) is 24.7. The first-order chi connectivity index (χ1) is 18.6. The molecule has 1 fully saturated rings. The third-order valence-electron chi connectivity index (χ3n) is 7.63. The van der Waals surface area contributed by atoms with Crippen molar-refractivity contribution in [1.29, 1.82) is 0 Å². The van der Waals surface area contributed by atoms with Gasteiger partial charge in [0.1, 0.15) is 17.6 Å². The van der Waals surface area contributed by atoms with Crippen LogP contribution in [0.25, 0.3) is 0 Å². The molecule has 0 saturated carbocycles. The van der Waals surface area contributed by atoms with E-state index in [9.17, 15) is 4.79 Å². The fourth-order valence-electron chi connectivity index (χ4n) is 5.17. The van der Waals surface area contributed by atoms with Crippen LogP contribution in [0, 0.1) is 0 Å². The highest BCUT2D eigenvalue weighted by atomic mass is 16.5. The Hall–Kier alpha value is -3.13. The van der Waals surface area contributed by atoms with Gasteiger partial charge in [-0.2, -0.15) is 0 Å². The minimum absolute atomic E-state index is 0.0187. The van der Waals surface area contributed by atoms with Crippen LogP contribution in [0.15, 0.2) is 46.2 Å². The quantitative estimate of drug-likeness (QED) is 0.368. The molecule has 4 rings (SSSR count). The standard InChI is InChI=1S/C31H44N4O4/c1-9-21-18-28-32-25(20(4)35(28)33-30(21)39-23(10-2)11-3)19-27(36)22-16-24(31(5,6)7)29(37-8)26(17-22)34-12-14-38-15-13-34/h16-18,23,25H,4,9-15,19H2,1-3,5-8H3. The fraction of sp³-hybridized carbons (Fsp3) is 0.581. The first-order valence-electron chi connectivity index (χ1n) is 14.2. The summed E-state index contributed by atoms with van der Waals surface area (Å²) in [6, 6.07) is 3.57. The normalized spacial score (nSPS) is 19.5. The van der Waals surface area contributed by atoms with Gasteiger partial charge in [-0.15, -0.1) is 5.10 Å². The van der Waals surface area contributed by atoms with Crippen LogP contribution in [0.2, 0.25) is 0 Å². The number of hydrazone groups is 1. The summed E-state index contributed by atoms with van der Waals surface area (Å²) in [6.07, 6.45) is 4.95. The number of methoxy groups -OCH3 is 1. The van der Waals surface area contributed by atoms with Crippen LogP contribution in [0.5, 0.6) is 5.75 Å². The van der Waals surface area contributed by atoms with E-state index in [0.717, 1.165) is 54.9 Å². The number of benzene rings is 1. The summed E-state index contributed by atoms with van der Waals surface area (Å²) in [4.78, 5) is 20.9. The van der Waals surface area contributed by atoms with Crippen molar-refractivity contribution < 1.29 is 19.0 Å². The average molecular weight is 537 g/mol. The van der Waals surface area contributed by atoms with E-state index in [0.29, 0.717) is 36.2 Å². The Balaban J connectivity index is 1.62. The molecular weight excluding hydrogens is 492 g/mol. The molecule has 212 valence electrons. The average Bonchev–Trinajstić information content (AvgIpc) is 3.23. The first kappa shape index (κ1) is 28.9. The van der Waals surface area contributed by atoms with Crippen molar-refractivity contribution in [3.05, 3.63) is 47.2 Å². The van der Waals surface area contributed by atoms with E-state index < -0.39 is 0 Å². The van der Waals surface area contributed by atoms with Crippen LogP contribution in [0.4, 0.5) is 5.69 Å². The van der Waals surface area contributed by atoms with E-state index in [1.165, 1.54) is 0 Å². The number of nitrogens with zero attached hydrogens (tertiary/aromatic N) is 4. The third kappa shape index (κ3) is 6.06. The topological polar surface area (TPSA) is 76.0 Å². The van der Waals surface area contributed by atoms with Crippen LogP contribution < -0.4 is 9.64 Å². The smallest absolute Gasteiger partial charge is 0.235 e. The van der Waals surface area contributed by atoms with Crippen molar-refractivity contribution >= 4 is 23.2 Å². The van der Waals surface area contributed by atoms with Crippen molar-refractivity contribution in [2.45, 2.75) is 84.8 Å². The van der Waals surface area contributed by atoms with Gasteiger partial charge in [-0.25, -0.2) is 5.01 Å². The number of hydrogen-bond acceptors (Lipinski definition) is 8. The Morgan fingerprint density at radius 1 is 1.18 bits per heavy atom. The molecule has 8 heteroatoms. The third-order valence-corrected chi connectivity index (χ3v) is 7.63. The van der Waals surface area contributed by atoms with E-state index in [1.54, 1.807) is 12.1 Å². The number of ether oxygens (including phenoxy) is 3. The highest BCUT2D eigenvalue weighted by Gasteiger charge is 2.35. The van der Waals surface area contributed by atoms with Crippen molar-refractivity contribution in [2.75, 3.05) is 38.3 Å². The molecule has 0 radical (unpaired) electrons. The molecule has 1 aromatic carbocycles. The van der Waals surface area contributed by atoms with Gasteiger partial charge in [0.25, 0.3) is 0 Å². The Morgan fingerprint density at radius 2 is 1.87 bits per heavy atom. The molecule has 0 bridgehead atoms. The minimum atomic E-state index is -0.384. The highest BCUT2D eigenvalue weighted by Crippen LogP contribution is 2.41. The summed E-state index contributed by atoms with van der Waals surface area (Å²) in [5.41, 5.74) is 4.10. The molecule has 1 unspecified atom stereocenters. The molecule has 1 atom stereocenters. The maximum absolute atomic E-state index is 13.8. The van der Waals surface area contributed by atoms with Gasteiger partial charge >= 0.3 is 0 Å². The van der Waals surface area contributed by atoms with Crippen LogP contribution >= 0.6 is 0 Å². The lowest BCUT2D eigenvalue weighted by molar-refractivity contribution is 0.0977. The number of rotatable bonds is 9. The molecular formula is C31H44N4O4. The Labute approximate surface area is 233 Å². The summed E-state index contributed by atoms with van der Waals surface area (Å²) in [6.45, 7) is 19.8. The van der Waals surface area contributed by atoms with Gasteiger partial charge in [0.15, 0.2) is 5.78 Å². The lowest BCUT2D eigenvalue weighted by atomic mass is 9.83. The highest BCUT2D eigenvalue weighted by molar-refractivity contribution is 6.08. The van der Waals surface area contributed by atoms with E-state index in [-0.39, 0.29) is 29.8 Å². The molecule has 0 spiro atoms. The van der Waals surface area contributed by atoms with Gasteiger partial charge < -0.3 is 19.1 Å². The zero-order valence-electron chi connectivity index (χ0n) is 24.7. The van der Waals surface area contributed by atoms with Crippen molar-refractivity contribution in [2.24, 2.45) is 10.1 Å². The number of anilines is 1. The number of aliphatic imine (C=N–C) groups is 1. The predicted octanol–water partition coefficient (Wildman–Crippen LogP) is 5.87. The lowest BCUT2D eigenvalue weighted by Gasteiger charge is -2.33. The van der Waals surface area contributed by atoms with Gasteiger partial charge in [-0.05, 0) is 42.9 Å². The van der Waals surface area contributed by atoms with E-state index in [2.05, 4.69) is 53.0 Å². The van der Waals surface area contributed by atoms with Gasteiger partial charge in [0.05, 0.1) is 37.8 Å². The molecule has 0 aliphatic carbocycles. The number of carbonyl (C=O) groups excluding carboxylic acids is 1. The molecule has 0 amide bonds. The number of morpholine rings is 1. The molecule has 3 aliphatic rings. The number of hydrogen-bond donors (Lipinski definition) is 0. The molecule has 3 heterocycles. The van der Waals surface area contributed by atoms with Gasteiger partial charge in [-0.1, -0.05) is 48.1 Å². The monoisotopic (exact) mass is 536 g/mol. The molecule has 39 heavy (non-hydrogen) atoms. The van der Waals surface area contributed by atoms with Crippen molar-refractivity contribution in [3.63, 3.8) is 0 Å². The predicted molar refractivity (Wildman–Crippen MR) is 157 cm³/mol. The van der Waals surface area contributed by atoms with Crippen LogP contribution in [0.1, 0.15) is 83.1 Å². The molecule has 1 saturated heterocycles. The Morgan fingerprint density at radius 3 is 2.46 bits per heavy atom. The summed E-state index contributed by atoms with van der Waals surface area (Å²) in [7, 11) is 1.70. The molecule has 3 aliphatic heterocycles. The number of ketones is 1. The largest absolute Gasteiger partial charge is 0.494 e. The van der Waals surface area contributed by atoms with Gasteiger partial charge in [-0.3, -0.25) is 9.79 Å². The second-order valence-corrected chi connectivity index (χ2v) is 11.3. The Kier molecular flexibility index (Phi) is 8.84. The van der Waals surface area contributed by atoms with Gasteiger partial charge in [0.2, 0.25) is 5.90 Å². The minimum Gasteiger partial charge on any atom is -0.494 e. The SMILES string of the molecule is C=C1C(CC(=O)c2cc(N3CCOCC3)c(OC)c(C(C)(C)C)c2)N=C2C=C(CC)C(OC(CC)CC)=NN12. The zero-order chi connectivity index (χ0) is 28.3.